The molecular formula is C19H25N5O. The number of anilines is 1. The third-order valence-corrected chi connectivity index (χ3v) is 5.46. The highest BCUT2D eigenvalue weighted by Crippen LogP contribution is 2.31. The van der Waals surface area contributed by atoms with Crippen molar-refractivity contribution < 1.29 is 0 Å². The van der Waals surface area contributed by atoms with E-state index in [4.69, 9.17) is 4.98 Å². The molecule has 0 spiro atoms. The van der Waals surface area contributed by atoms with E-state index < -0.39 is 0 Å². The van der Waals surface area contributed by atoms with Crippen LogP contribution < -0.4 is 10.5 Å². The summed E-state index contributed by atoms with van der Waals surface area (Å²) < 4.78 is 1.77. The lowest BCUT2D eigenvalue weighted by atomic mass is 9.96. The summed E-state index contributed by atoms with van der Waals surface area (Å²) >= 11 is 0. The maximum absolute atomic E-state index is 12.2. The normalized spacial score (nSPS) is 17.8. The van der Waals surface area contributed by atoms with Crippen LogP contribution in [0.25, 0.3) is 0 Å². The minimum atomic E-state index is 0.0849. The van der Waals surface area contributed by atoms with Gasteiger partial charge in [-0.2, -0.15) is 0 Å². The van der Waals surface area contributed by atoms with Crippen LogP contribution in [0.3, 0.4) is 0 Å². The number of hydrogen-bond acceptors (Lipinski definition) is 5. The van der Waals surface area contributed by atoms with E-state index in [9.17, 15) is 4.79 Å². The molecule has 132 valence electrons. The topological polar surface area (TPSA) is 63.9 Å². The monoisotopic (exact) mass is 339 g/mol. The molecule has 2 aromatic heterocycles. The first-order valence-electron chi connectivity index (χ1n) is 9.24. The predicted molar refractivity (Wildman–Crippen MR) is 97.0 cm³/mol. The Bertz CT molecular complexity index is 836. The Morgan fingerprint density at radius 3 is 2.76 bits per heavy atom. The number of aryl methyl sites for hydroxylation is 3. The van der Waals surface area contributed by atoms with Crippen LogP contribution in [0, 0.1) is 19.8 Å². The first kappa shape index (κ1) is 16.2. The van der Waals surface area contributed by atoms with Crippen LogP contribution in [0.2, 0.25) is 0 Å². The van der Waals surface area contributed by atoms with Gasteiger partial charge in [0.25, 0.3) is 5.56 Å². The second-order valence-electron chi connectivity index (χ2n) is 7.34. The third-order valence-electron chi connectivity index (χ3n) is 5.46. The second kappa shape index (κ2) is 6.58. The quantitative estimate of drug-likeness (QED) is 0.856. The Kier molecular flexibility index (Phi) is 4.27. The molecule has 2 aromatic rings. The minimum absolute atomic E-state index is 0.0849. The number of hydrogen-bond donors (Lipinski definition) is 0. The van der Waals surface area contributed by atoms with Crippen LogP contribution in [0.15, 0.2) is 17.3 Å². The maximum atomic E-state index is 12.2. The molecule has 0 amide bonds. The molecule has 4 rings (SSSR count). The van der Waals surface area contributed by atoms with Crippen molar-refractivity contribution in [3.63, 3.8) is 0 Å². The van der Waals surface area contributed by atoms with Gasteiger partial charge in [-0.25, -0.2) is 15.0 Å². The SMILES string of the molecule is Cc1nc2c(c(N3CCC(Cn4cncc(C)c4=O)CC3)n1)CCC2. The van der Waals surface area contributed by atoms with E-state index >= 15 is 0 Å². The van der Waals surface area contributed by atoms with E-state index in [0.717, 1.165) is 57.0 Å². The molecule has 6 nitrogen and oxygen atoms in total. The molecule has 1 aliphatic carbocycles. The van der Waals surface area contributed by atoms with Crippen molar-refractivity contribution in [2.75, 3.05) is 18.0 Å². The molecular weight excluding hydrogens is 314 g/mol. The van der Waals surface area contributed by atoms with Crippen molar-refractivity contribution in [3.05, 3.63) is 45.5 Å². The van der Waals surface area contributed by atoms with Gasteiger partial charge in [0.2, 0.25) is 0 Å². The fourth-order valence-electron chi connectivity index (χ4n) is 4.09. The van der Waals surface area contributed by atoms with E-state index in [1.165, 1.54) is 17.7 Å². The molecule has 1 aliphatic heterocycles. The lowest BCUT2D eigenvalue weighted by molar-refractivity contribution is 0.349. The van der Waals surface area contributed by atoms with Crippen molar-refractivity contribution in [1.29, 1.82) is 0 Å². The largest absolute Gasteiger partial charge is 0.356 e. The molecule has 0 bridgehead atoms. The van der Waals surface area contributed by atoms with Gasteiger partial charge in [0.1, 0.15) is 11.6 Å². The van der Waals surface area contributed by atoms with Crippen molar-refractivity contribution in [3.8, 4) is 0 Å². The number of nitrogens with zero attached hydrogens (tertiary/aromatic N) is 5. The van der Waals surface area contributed by atoms with Gasteiger partial charge in [0, 0.05) is 42.7 Å². The molecule has 25 heavy (non-hydrogen) atoms. The zero-order chi connectivity index (χ0) is 17.4. The van der Waals surface area contributed by atoms with E-state index in [-0.39, 0.29) is 5.56 Å². The number of piperidine rings is 1. The molecule has 0 unspecified atom stereocenters. The van der Waals surface area contributed by atoms with Crippen LogP contribution in [0.4, 0.5) is 5.82 Å². The summed E-state index contributed by atoms with van der Waals surface area (Å²) in [6, 6.07) is 0. The molecule has 0 atom stereocenters. The van der Waals surface area contributed by atoms with Gasteiger partial charge >= 0.3 is 0 Å². The number of fused-ring (bicyclic) bond motifs is 1. The molecule has 1 fully saturated rings. The van der Waals surface area contributed by atoms with E-state index in [1.807, 2.05) is 13.8 Å². The Morgan fingerprint density at radius 1 is 1.16 bits per heavy atom. The summed E-state index contributed by atoms with van der Waals surface area (Å²) in [4.78, 5) is 28.1. The fourth-order valence-corrected chi connectivity index (χ4v) is 4.09. The van der Waals surface area contributed by atoms with Crippen LogP contribution >= 0.6 is 0 Å². The summed E-state index contributed by atoms with van der Waals surface area (Å²) in [5.74, 6) is 2.57. The zero-order valence-corrected chi connectivity index (χ0v) is 15.0. The lowest BCUT2D eigenvalue weighted by Crippen LogP contribution is -2.37. The van der Waals surface area contributed by atoms with Gasteiger partial charge in [-0.05, 0) is 51.9 Å². The van der Waals surface area contributed by atoms with Crippen molar-refractivity contribution in [2.24, 2.45) is 5.92 Å². The molecule has 6 heteroatoms. The van der Waals surface area contributed by atoms with E-state index in [0.29, 0.717) is 11.5 Å². The summed E-state index contributed by atoms with van der Waals surface area (Å²) in [7, 11) is 0. The van der Waals surface area contributed by atoms with Crippen LogP contribution in [-0.2, 0) is 19.4 Å². The maximum Gasteiger partial charge on any atom is 0.256 e. The minimum Gasteiger partial charge on any atom is -0.356 e. The van der Waals surface area contributed by atoms with Gasteiger partial charge in [-0.3, -0.25) is 9.36 Å². The zero-order valence-electron chi connectivity index (χ0n) is 15.0. The van der Waals surface area contributed by atoms with Crippen LogP contribution in [0.1, 0.15) is 41.9 Å². The standard InChI is InChI=1S/C19H25N5O/c1-13-10-20-12-24(19(13)25)11-15-6-8-23(9-7-15)18-16-4-3-5-17(16)21-14(2)22-18/h10,12,15H,3-9,11H2,1-2H3. The average Bonchev–Trinajstić information content (AvgIpc) is 3.07. The highest BCUT2D eigenvalue weighted by atomic mass is 16.1. The fraction of sp³-hybridized carbons (Fsp3) is 0.579. The number of aromatic nitrogens is 4. The van der Waals surface area contributed by atoms with Crippen molar-refractivity contribution in [1.82, 2.24) is 19.5 Å². The highest BCUT2D eigenvalue weighted by molar-refractivity contribution is 5.51. The Hall–Kier alpha value is -2.24. The lowest BCUT2D eigenvalue weighted by Gasteiger charge is -2.34. The Morgan fingerprint density at radius 2 is 1.96 bits per heavy atom. The predicted octanol–water partition coefficient (Wildman–Crippen LogP) is 2.06. The molecule has 0 saturated carbocycles. The van der Waals surface area contributed by atoms with Gasteiger partial charge in [-0.1, -0.05) is 0 Å². The smallest absolute Gasteiger partial charge is 0.256 e. The van der Waals surface area contributed by atoms with Gasteiger partial charge < -0.3 is 4.90 Å². The molecule has 3 heterocycles. The van der Waals surface area contributed by atoms with Crippen molar-refractivity contribution >= 4 is 5.82 Å². The molecule has 1 saturated heterocycles. The van der Waals surface area contributed by atoms with E-state index in [1.54, 1.807) is 17.1 Å². The number of rotatable bonds is 3. The molecule has 2 aliphatic rings. The average molecular weight is 339 g/mol. The first-order chi connectivity index (χ1) is 12.1. The Balaban J connectivity index is 1.46. The molecule has 0 aromatic carbocycles. The highest BCUT2D eigenvalue weighted by Gasteiger charge is 2.26. The second-order valence-corrected chi connectivity index (χ2v) is 7.34. The van der Waals surface area contributed by atoms with Crippen LogP contribution in [-0.4, -0.2) is 32.6 Å². The Labute approximate surface area is 148 Å². The van der Waals surface area contributed by atoms with Crippen molar-refractivity contribution in [2.45, 2.75) is 52.5 Å². The van der Waals surface area contributed by atoms with Gasteiger partial charge in [0.05, 0.1) is 6.33 Å². The molecule has 0 radical (unpaired) electrons. The van der Waals surface area contributed by atoms with Gasteiger partial charge in [0.15, 0.2) is 0 Å². The van der Waals surface area contributed by atoms with Crippen LogP contribution in [0.5, 0.6) is 0 Å². The van der Waals surface area contributed by atoms with E-state index in [2.05, 4.69) is 14.9 Å². The summed E-state index contributed by atoms with van der Waals surface area (Å²) in [6.07, 6.45) is 8.86. The third kappa shape index (κ3) is 3.17. The summed E-state index contributed by atoms with van der Waals surface area (Å²) in [6.45, 7) is 6.59. The first-order valence-corrected chi connectivity index (χ1v) is 9.24. The van der Waals surface area contributed by atoms with Gasteiger partial charge in [-0.15, -0.1) is 0 Å². The molecule has 0 N–H and O–H groups in total. The summed E-state index contributed by atoms with van der Waals surface area (Å²) in [5, 5.41) is 0. The summed E-state index contributed by atoms with van der Waals surface area (Å²) in [5.41, 5.74) is 3.42.